The van der Waals surface area contributed by atoms with Crippen LogP contribution >= 0.6 is 0 Å². The van der Waals surface area contributed by atoms with Gasteiger partial charge in [-0.1, -0.05) is 12.1 Å². The molecule has 4 rings (SSSR count). The van der Waals surface area contributed by atoms with E-state index < -0.39 is 11.2 Å². The van der Waals surface area contributed by atoms with Gasteiger partial charge < -0.3 is 9.32 Å². The monoisotopic (exact) mass is 426 g/mol. The van der Waals surface area contributed by atoms with Gasteiger partial charge in [0, 0.05) is 39.7 Å². The van der Waals surface area contributed by atoms with Crippen molar-refractivity contribution in [2.45, 2.75) is 25.2 Å². The van der Waals surface area contributed by atoms with Crippen LogP contribution in [0, 0.1) is 5.82 Å². The van der Waals surface area contributed by atoms with Crippen LogP contribution in [0.15, 0.2) is 50.5 Å². The highest BCUT2D eigenvalue weighted by Crippen LogP contribution is 2.28. The van der Waals surface area contributed by atoms with Crippen LogP contribution in [-0.2, 0) is 20.5 Å². The fraction of sp³-hybridized carbons (Fsp3) is 0.364. The molecule has 162 valence electrons. The lowest BCUT2D eigenvalue weighted by molar-refractivity contribution is 0.0685. The summed E-state index contributed by atoms with van der Waals surface area (Å²) in [5.74, 6) is 0.484. The van der Waals surface area contributed by atoms with E-state index in [1.165, 1.54) is 36.9 Å². The second kappa shape index (κ2) is 8.33. The second-order valence-corrected chi connectivity index (χ2v) is 7.83. The van der Waals surface area contributed by atoms with Gasteiger partial charge >= 0.3 is 5.69 Å². The van der Waals surface area contributed by atoms with Gasteiger partial charge in [-0.3, -0.25) is 18.7 Å². The van der Waals surface area contributed by atoms with Gasteiger partial charge in [-0.2, -0.15) is 0 Å². The number of benzene rings is 1. The molecule has 0 N–H and O–H groups in total. The molecule has 1 saturated heterocycles. The molecule has 9 heteroatoms. The van der Waals surface area contributed by atoms with Crippen molar-refractivity contribution in [3.63, 3.8) is 0 Å². The zero-order valence-electron chi connectivity index (χ0n) is 17.4. The van der Waals surface area contributed by atoms with Crippen molar-refractivity contribution in [1.82, 2.24) is 19.0 Å². The zero-order valence-corrected chi connectivity index (χ0v) is 17.4. The molecule has 1 atom stereocenters. The van der Waals surface area contributed by atoms with Gasteiger partial charge in [0.2, 0.25) is 0 Å². The van der Waals surface area contributed by atoms with E-state index in [9.17, 15) is 18.8 Å². The van der Waals surface area contributed by atoms with E-state index in [0.717, 1.165) is 23.0 Å². The maximum absolute atomic E-state index is 13.1. The molecule has 0 saturated carbocycles. The predicted octanol–water partition coefficient (Wildman–Crippen LogP) is 1.82. The van der Waals surface area contributed by atoms with Gasteiger partial charge in [0.15, 0.2) is 5.89 Å². The molecule has 0 unspecified atom stereocenters. The van der Waals surface area contributed by atoms with Crippen molar-refractivity contribution < 1.29 is 13.6 Å². The fourth-order valence-corrected chi connectivity index (χ4v) is 3.86. The Morgan fingerprint density at radius 1 is 1.19 bits per heavy atom. The second-order valence-electron chi connectivity index (χ2n) is 7.83. The number of carbonyl (C=O) groups excluding carboxylic acids is 1. The van der Waals surface area contributed by atoms with E-state index in [4.69, 9.17) is 4.42 Å². The third-order valence-corrected chi connectivity index (χ3v) is 5.67. The molecule has 31 heavy (non-hydrogen) atoms. The number of hydrogen-bond donors (Lipinski definition) is 0. The van der Waals surface area contributed by atoms with Crippen LogP contribution in [0.25, 0.3) is 0 Å². The Morgan fingerprint density at radius 3 is 2.68 bits per heavy atom. The molecular formula is C22H23FN4O4. The maximum Gasteiger partial charge on any atom is 0.331 e. The van der Waals surface area contributed by atoms with Gasteiger partial charge in [0.25, 0.3) is 11.5 Å². The van der Waals surface area contributed by atoms with Crippen molar-refractivity contribution in [2.24, 2.45) is 14.1 Å². The largest absolute Gasteiger partial charge is 0.445 e. The number of oxazole rings is 1. The number of halogens is 1. The minimum absolute atomic E-state index is 0.0677. The lowest BCUT2D eigenvalue weighted by atomic mass is 9.97. The third-order valence-electron chi connectivity index (χ3n) is 5.67. The van der Waals surface area contributed by atoms with E-state index in [2.05, 4.69) is 4.98 Å². The Bertz CT molecular complexity index is 1230. The number of carbonyl (C=O) groups is 1. The van der Waals surface area contributed by atoms with Crippen LogP contribution in [0.4, 0.5) is 4.39 Å². The number of likely N-dealkylation sites (tertiary alicyclic amines) is 1. The Labute approximate surface area is 177 Å². The molecule has 0 aliphatic carbocycles. The highest BCUT2D eigenvalue weighted by molar-refractivity contribution is 5.92. The summed E-state index contributed by atoms with van der Waals surface area (Å²) >= 11 is 0. The Balaban J connectivity index is 1.50. The van der Waals surface area contributed by atoms with Crippen LogP contribution in [0.5, 0.6) is 0 Å². The topological polar surface area (TPSA) is 90.3 Å². The molecule has 1 aliphatic heterocycles. The van der Waals surface area contributed by atoms with Gasteiger partial charge in [-0.25, -0.2) is 14.2 Å². The zero-order chi connectivity index (χ0) is 22.1. The lowest BCUT2D eigenvalue weighted by Gasteiger charge is -2.31. The molecule has 1 aromatic carbocycles. The number of aromatic nitrogens is 3. The van der Waals surface area contributed by atoms with Crippen molar-refractivity contribution >= 4 is 5.91 Å². The molecule has 0 spiro atoms. The lowest BCUT2D eigenvalue weighted by Crippen LogP contribution is -2.44. The third kappa shape index (κ3) is 4.21. The summed E-state index contributed by atoms with van der Waals surface area (Å²) in [4.78, 5) is 43.2. The van der Waals surface area contributed by atoms with Gasteiger partial charge in [-0.05, 0) is 30.5 Å². The van der Waals surface area contributed by atoms with Crippen molar-refractivity contribution in [3.05, 3.63) is 86.1 Å². The molecule has 1 aliphatic rings. The Morgan fingerprint density at radius 2 is 1.94 bits per heavy atom. The first-order chi connectivity index (χ1) is 14.8. The molecule has 8 nitrogen and oxygen atoms in total. The molecule has 0 radical (unpaired) electrons. The summed E-state index contributed by atoms with van der Waals surface area (Å²) in [6.07, 6.45) is 3.72. The summed E-state index contributed by atoms with van der Waals surface area (Å²) in [5, 5.41) is 0. The van der Waals surface area contributed by atoms with Gasteiger partial charge in [0.1, 0.15) is 17.3 Å². The van der Waals surface area contributed by atoms with E-state index in [0.29, 0.717) is 31.2 Å². The van der Waals surface area contributed by atoms with E-state index >= 15 is 0 Å². The molecular weight excluding hydrogens is 403 g/mol. The van der Waals surface area contributed by atoms with Crippen LogP contribution < -0.4 is 11.2 Å². The van der Waals surface area contributed by atoms with E-state index in [1.807, 2.05) is 0 Å². The number of piperidine rings is 1. The highest BCUT2D eigenvalue weighted by Gasteiger charge is 2.29. The normalized spacial score (nSPS) is 16.5. The fourth-order valence-electron chi connectivity index (χ4n) is 3.86. The van der Waals surface area contributed by atoms with Crippen LogP contribution in [-0.4, -0.2) is 38.0 Å². The smallest absolute Gasteiger partial charge is 0.331 e. The standard InChI is InChI=1S/C22H23FN4O4/c1-25-18(11-19(28)26(2)22(25)30)21(29)27-9-3-4-15(13-27)20-24-12-17(31-20)10-14-5-7-16(23)8-6-14/h5-8,11-12,15H,3-4,9-10,13H2,1-2H3/t15-/m0/s1. The summed E-state index contributed by atoms with van der Waals surface area (Å²) in [5.41, 5.74) is -0.0741. The van der Waals surface area contributed by atoms with Crippen LogP contribution in [0.3, 0.4) is 0 Å². The Hall–Kier alpha value is -3.49. The maximum atomic E-state index is 13.1. The van der Waals surface area contributed by atoms with Gasteiger partial charge in [0.05, 0.1) is 12.1 Å². The molecule has 1 fully saturated rings. The first kappa shape index (κ1) is 20.8. The predicted molar refractivity (Wildman–Crippen MR) is 111 cm³/mol. The average Bonchev–Trinajstić information content (AvgIpc) is 3.24. The van der Waals surface area contributed by atoms with E-state index in [1.54, 1.807) is 23.2 Å². The van der Waals surface area contributed by atoms with Crippen LogP contribution in [0.1, 0.15) is 46.5 Å². The van der Waals surface area contributed by atoms with Crippen molar-refractivity contribution in [2.75, 3.05) is 13.1 Å². The first-order valence-electron chi connectivity index (χ1n) is 10.1. The summed E-state index contributed by atoms with van der Waals surface area (Å²) in [6, 6.07) is 7.40. The SMILES string of the molecule is Cn1c(C(=O)N2CCC[C@H](c3ncc(Cc4ccc(F)cc4)o3)C2)cc(=O)n(C)c1=O. The van der Waals surface area contributed by atoms with Crippen LogP contribution in [0.2, 0.25) is 0 Å². The number of nitrogens with zero attached hydrogens (tertiary/aromatic N) is 4. The van der Waals surface area contributed by atoms with Crippen molar-refractivity contribution in [3.8, 4) is 0 Å². The summed E-state index contributed by atoms with van der Waals surface area (Å²) in [7, 11) is 2.86. The quantitative estimate of drug-likeness (QED) is 0.635. The average molecular weight is 426 g/mol. The summed E-state index contributed by atoms with van der Waals surface area (Å²) < 4.78 is 21.2. The summed E-state index contributed by atoms with van der Waals surface area (Å²) in [6.45, 7) is 0.917. The number of rotatable bonds is 4. The number of amides is 1. The molecule has 2 aromatic heterocycles. The van der Waals surface area contributed by atoms with Gasteiger partial charge in [-0.15, -0.1) is 0 Å². The minimum Gasteiger partial charge on any atom is -0.445 e. The molecule has 0 bridgehead atoms. The Kier molecular flexibility index (Phi) is 5.58. The minimum atomic E-state index is -0.539. The van der Waals surface area contributed by atoms with Crippen molar-refractivity contribution in [1.29, 1.82) is 0 Å². The molecule has 1 amide bonds. The number of hydrogen-bond acceptors (Lipinski definition) is 5. The molecule has 3 aromatic rings. The highest BCUT2D eigenvalue weighted by atomic mass is 19.1. The molecule has 3 heterocycles. The first-order valence-corrected chi connectivity index (χ1v) is 10.1. The van der Waals surface area contributed by atoms with E-state index in [-0.39, 0.29) is 23.3 Å².